The molecule has 24 heavy (non-hydrogen) atoms. The van der Waals surface area contributed by atoms with Crippen molar-refractivity contribution in [3.05, 3.63) is 0 Å². The maximum absolute atomic E-state index is 12.7. The number of likely N-dealkylation sites (N-methyl/N-ethyl adjacent to an activating group) is 1. The number of likely N-dealkylation sites (tertiary alicyclic amines) is 1. The molecular formula is C17H28N4O3. The summed E-state index contributed by atoms with van der Waals surface area (Å²) in [5.74, 6) is 0.0382. The van der Waals surface area contributed by atoms with Crippen LogP contribution in [0.15, 0.2) is 0 Å². The van der Waals surface area contributed by atoms with Crippen molar-refractivity contribution in [3.63, 3.8) is 0 Å². The summed E-state index contributed by atoms with van der Waals surface area (Å²) in [7, 11) is 4.03. The number of hydrogen-bond donors (Lipinski definition) is 1. The van der Waals surface area contributed by atoms with E-state index < -0.39 is 11.6 Å². The summed E-state index contributed by atoms with van der Waals surface area (Å²) in [6, 6.07) is -0.0894. The van der Waals surface area contributed by atoms with E-state index in [9.17, 15) is 14.4 Å². The third-order valence-corrected chi connectivity index (χ3v) is 5.84. The van der Waals surface area contributed by atoms with Crippen LogP contribution in [0.25, 0.3) is 0 Å². The van der Waals surface area contributed by atoms with Gasteiger partial charge in [0.15, 0.2) is 0 Å². The molecule has 4 amide bonds. The van der Waals surface area contributed by atoms with Crippen molar-refractivity contribution in [2.75, 3.05) is 33.7 Å². The highest BCUT2D eigenvalue weighted by atomic mass is 16.2. The standard InChI is InChI=1S/C17H28N4O3/c1-12-9-20(10-13(12)19(2)3)14(22)11-21-15(23)17(18-16(21)24)7-5-4-6-8-17/h12-13H,4-11H2,1-3H3,(H,18,24)/t12-,13-/m1/s1. The van der Waals surface area contributed by atoms with Gasteiger partial charge in [-0.1, -0.05) is 26.2 Å². The Balaban J connectivity index is 1.64. The molecule has 1 saturated carbocycles. The van der Waals surface area contributed by atoms with Crippen LogP contribution < -0.4 is 5.32 Å². The number of imide groups is 1. The SMILES string of the molecule is C[C@@H]1CN(C(=O)CN2C(=O)NC3(CCCCC3)C2=O)C[C@H]1N(C)C. The number of nitrogens with zero attached hydrogens (tertiary/aromatic N) is 3. The van der Waals surface area contributed by atoms with Gasteiger partial charge in [-0.15, -0.1) is 0 Å². The zero-order valence-electron chi connectivity index (χ0n) is 14.9. The van der Waals surface area contributed by atoms with E-state index in [0.29, 0.717) is 37.9 Å². The molecule has 7 nitrogen and oxygen atoms in total. The Hall–Kier alpha value is -1.63. The normalized spacial score (nSPS) is 29.7. The van der Waals surface area contributed by atoms with Gasteiger partial charge >= 0.3 is 6.03 Å². The molecule has 0 radical (unpaired) electrons. The molecule has 7 heteroatoms. The van der Waals surface area contributed by atoms with E-state index in [1.54, 1.807) is 4.90 Å². The molecular weight excluding hydrogens is 308 g/mol. The van der Waals surface area contributed by atoms with E-state index >= 15 is 0 Å². The molecule has 2 aliphatic heterocycles. The molecule has 1 N–H and O–H groups in total. The van der Waals surface area contributed by atoms with E-state index in [-0.39, 0.29) is 18.4 Å². The number of rotatable bonds is 3. The molecule has 0 aromatic carbocycles. The molecule has 134 valence electrons. The molecule has 2 heterocycles. The van der Waals surface area contributed by atoms with E-state index in [2.05, 4.69) is 17.1 Å². The minimum Gasteiger partial charge on any atom is -0.339 e. The first-order valence-electron chi connectivity index (χ1n) is 8.92. The fourth-order valence-electron chi connectivity index (χ4n) is 4.37. The average Bonchev–Trinajstić information content (AvgIpc) is 3.03. The molecule has 3 rings (SSSR count). The van der Waals surface area contributed by atoms with Gasteiger partial charge in [0.25, 0.3) is 5.91 Å². The number of urea groups is 1. The number of nitrogens with one attached hydrogen (secondary N) is 1. The number of amides is 4. The lowest BCUT2D eigenvalue weighted by atomic mass is 9.82. The van der Waals surface area contributed by atoms with Crippen LogP contribution in [0.1, 0.15) is 39.0 Å². The summed E-state index contributed by atoms with van der Waals surface area (Å²) in [6.07, 6.45) is 4.36. The highest BCUT2D eigenvalue weighted by molar-refractivity contribution is 6.09. The summed E-state index contributed by atoms with van der Waals surface area (Å²) in [4.78, 5) is 42.6. The molecule has 1 spiro atoms. The number of carbonyl (C=O) groups excluding carboxylic acids is 3. The number of carbonyl (C=O) groups is 3. The molecule has 0 aromatic heterocycles. The maximum Gasteiger partial charge on any atom is 0.325 e. The summed E-state index contributed by atoms with van der Waals surface area (Å²) in [6.45, 7) is 3.32. The van der Waals surface area contributed by atoms with Crippen molar-refractivity contribution in [2.24, 2.45) is 5.92 Å². The van der Waals surface area contributed by atoms with Gasteiger partial charge in [-0.3, -0.25) is 14.5 Å². The van der Waals surface area contributed by atoms with Crippen LogP contribution in [0.3, 0.4) is 0 Å². The van der Waals surface area contributed by atoms with Crippen molar-refractivity contribution in [3.8, 4) is 0 Å². The predicted molar refractivity (Wildman–Crippen MR) is 89.3 cm³/mol. The first-order chi connectivity index (χ1) is 11.3. The minimum atomic E-state index is -0.750. The van der Waals surface area contributed by atoms with Crippen LogP contribution in [-0.2, 0) is 9.59 Å². The van der Waals surface area contributed by atoms with Crippen molar-refractivity contribution in [1.82, 2.24) is 20.0 Å². The van der Waals surface area contributed by atoms with Crippen LogP contribution in [-0.4, -0.2) is 77.9 Å². The molecule has 3 aliphatic rings. The minimum absolute atomic E-state index is 0.137. The van der Waals surface area contributed by atoms with Crippen LogP contribution >= 0.6 is 0 Å². The smallest absolute Gasteiger partial charge is 0.325 e. The molecule has 0 aromatic rings. The summed E-state index contributed by atoms with van der Waals surface area (Å²) in [5, 5.41) is 2.86. The highest BCUT2D eigenvalue weighted by Crippen LogP contribution is 2.33. The lowest BCUT2D eigenvalue weighted by Crippen LogP contribution is -2.49. The number of hydrogen-bond acceptors (Lipinski definition) is 4. The predicted octanol–water partition coefficient (Wildman–Crippen LogP) is 0.650. The van der Waals surface area contributed by atoms with Gasteiger partial charge in [-0.05, 0) is 32.9 Å². The fraction of sp³-hybridized carbons (Fsp3) is 0.824. The largest absolute Gasteiger partial charge is 0.339 e. The molecule has 3 fully saturated rings. The van der Waals surface area contributed by atoms with E-state index in [1.165, 1.54) is 0 Å². The van der Waals surface area contributed by atoms with Gasteiger partial charge in [-0.25, -0.2) is 4.79 Å². The van der Waals surface area contributed by atoms with Gasteiger partial charge in [0.2, 0.25) is 5.91 Å². The van der Waals surface area contributed by atoms with Gasteiger partial charge in [-0.2, -0.15) is 0 Å². The first kappa shape index (κ1) is 17.2. The van der Waals surface area contributed by atoms with Gasteiger partial charge in [0.1, 0.15) is 12.1 Å². The second-order valence-electron chi connectivity index (χ2n) is 7.77. The van der Waals surface area contributed by atoms with Crippen molar-refractivity contribution in [2.45, 2.75) is 50.6 Å². The van der Waals surface area contributed by atoms with Crippen LogP contribution in [0, 0.1) is 5.92 Å². The molecule has 2 atom stereocenters. The van der Waals surface area contributed by atoms with Gasteiger partial charge in [0, 0.05) is 19.1 Å². The van der Waals surface area contributed by atoms with Crippen LogP contribution in [0.2, 0.25) is 0 Å². The third-order valence-electron chi connectivity index (χ3n) is 5.84. The van der Waals surface area contributed by atoms with E-state index in [4.69, 9.17) is 0 Å². The third kappa shape index (κ3) is 2.90. The Bertz CT molecular complexity index is 542. The van der Waals surface area contributed by atoms with Crippen molar-refractivity contribution >= 4 is 17.8 Å². The zero-order chi connectivity index (χ0) is 17.5. The summed E-state index contributed by atoms with van der Waals surface area (Å²) < 4.78 is 0. The Morgan fingerprint density at radius 2 is 1.88 bits per heavy atom. The molecule has 2 saturated heterocycles. The average molecular weight is 336 g/mol. The Morgan fingerprint density at radius 1 is 1.21 bits per heavy atom. The maximum atomic E-state index is 12.7. The second-order valence-corrected chi connectivity index (χ2v) is 7.77. The van der Waals surface area contributed by atoms with Crippen molar-refractivity contribution in [1.29, 1.82) is 0 Å². The van der Waals surface area contributed by atoms with Gasteiger partial charge in [0.05, 0.1) is 0 Å². The first-order valence-corrected chi connectivity index (χ1v) is 8.92. The van der Waals surface area contributed by atoms with E-state index in [0.717, 1.165) is 24.2 Å². The zero-order valence-corrected chi connectivity index (χ0v) is 14.9. The Labute approximate surface area is 143 Å². The molecule has 0 unspecified atom stereocenters. The topological polar surface area (TPSA) is 73.0 Å². The summed E-state index contributed by atoms with van der Waals surface area (Å²) >= 11 is 0. The fourth-order valence-corrected chi connectivity index (χ4v) is 4.37. The quantitative estimate of drug-likeness (QED) is 0.768. The second kappa shape index (κ2) is 6.35. The highest BCUT2D eigenvalue weighted by Gasteiger charge is 2.52. The van der Waals surface area contributed by atoms with Crippen LogP contribution in [0.4, 0.5) is 4.79 Å². The van der Waals surface area contributed by atoms with Crippen LogP contribution in [0.5, 0.6) is 0 Å². The lowest BCUT2D eigenvalue weighted by molar-refractivity contribution is -0.139. The van der Waals surface area contributed by atoms with Gasteiger partial charge < -0.3 is 15.1 Å². The molecule has 0 bridgehead atoms. The van der Waals surface area contributed by atoms with Crippen molar-refractivity contribution < 1.29 is 14.4 Å². The Morgan fingerprint density at radius 3 is 2.46 bits per heavy atom. The monoisotopic (exact) mass is 336 g/mol. The Kier molecular flexibility index (Phi) is 4.55. The van der Waals surface area contributed by atoms with E-state index in [1.807, 2.05) is 14.1 Å². The molecule has 1 aliphatic carbocycles. The summed E-state index contributed by atoms with van der Waals surface area (Å²) in [5.41, 5.74) is -0.750. The lowest BCUT2D eigenvalue weighted by Gasteiger charge is -2.30.